The van der Waals surface area contributed by atoms with Gasteiger partial charge in [0, 0.05) is 25.3 Å². The van der Waals surface area contributed by atoms with Crippen LogP contribution < -0.4 is 10.2 Å². The van der Waals surface area contributed by atoms with Gasteiger partial charge < -0.3 is 15.3 Å². The minimum atomic E-state index is -0.500. The minimum absolute atomic E-state index is 0.500. The Balaban J connectivity index is 2.05. The van der Waals surface area contributed by atoms with Gasteiger partial charge in [-0.15, -0.1) is 0 Å². The number of para-hydroxylation sites is 1. The topological polar surface area (TPSA) is 35.5 Å². The lowest BCUT2D eigenvalue weighted by molar-refractivity contribution is 0.0481. The van der Waals surface area contributed by atoms with E-state index in [1.54, 1.807) is 0 Å². The second-order valence-electron chi connectivity index (χ2n) is 6.99. The van der Waals surface area contributed by atoms with Gasteiger partial charge in [0.2, 0.25) is 0 Å². The first-order chi connectivity index (χ1) is 9.98. The number of anilines is 1. The van der Waals surface area contributed by atoms with Crippen LogP contribution in [-0.2, 0) is 6.54 Å². The average Bonchev–Trinajstić information content (AvgIpc) is 2.60. The summed E-state index contributed by atoms with van der Waals surface area (Å²) in [7, 11) is 0. The molecule has 21 heavy (non-hydrogen) atoms. The molecule has 1 fully saturated rings. The van der Waals surface area contributed by atoms with Crippen LogP contribution in [-0.4, -0.2) is 30.3 Å². The van der Waals surface area contributed by atoms with Crippen LogP contribution in [0.15, 0.2) is 24.3 Å². The van der Waals surface area contributed by atoms with Crippen molar-refractivity contribution < 1.29 is 5.11 Å². The van der Waals surface area contributed by atoms with Crippen molar-refractivity contribution in [3.63, 3.8) is 0 Å². The predicted molar refractivity (Wildman–Crippen MR) is 89.7 cm³/mol. The molecule has 0 aromatic heterocycles. The highest BCUT2D eigenvalue weighted by Gasteiger charge is 2.25. The molecular formula is C18H30N2O. The summed E-state index contributed by atoms with van der Waals surface area (Å²) in [4.78, 5) is 2.44. The van der Waals surface area contributed by atoms with Gasteiger partial charge in [0.1, 0.15) is 0 Å². The van der Waals surface area contributed by atoms with E-state index in [1.165, 1.54) is 11.3 Å². The van der Waals surface area contributed by atoms with E-state index in [0.29, 0.717) is 5.92 Å². The van der Waals surface area contributed by atoms with Crippen molar-refractivity contribution in [3.8, 4) is 0 Å². The number of benzene rings is 1. The van der Waals surface area contributed by atoms with Crippen LogP contribution in [0.25, 0.3) is 0 Å². The van der Waals surface area contributed by atoms with Gasteiger partial charge in [-0.2, -0.15) is 0 Å². The first-order valence-corrected chi connectivity index (χ1v) is 8.24. The number of aliphatic hydroxyl groups is 1. The molecule has 1 atom stereocenters. The van der Waals surface area contributed by atoms with Crippen molar-refractivity contribution in [1.29, 1.82) is 0 Å². The Bertz CT molecular complexity index is 443. The number of hydrogen-bond donors (Lipinski definition) is 2. The molecule has 1 heterocycles. The van der Waals surface area contributed by atoms with Gasteiger partial charge >= 0.3 is 0 Å². The molecule has 1 unspecified atom stereocenters. The van der Waals surface area contributed by atoms with Crippen LogP contribution in [0.5, 0.6) is 0 Å². The Labute approximate surface area is 129 Å². The minimum Gasteiger partial charge on any atom is -0.390 e. The summed E-state index contributed by atoms with van der Waals surface area (Å²) in [5.74, 6) is 0.672. The standard InChI is InChI=1S/C18H30N2O/c1-15(2)13-19-14-16-7-4-5-8-17(16)20-11-6-9-18(3,21)10-12-20/h4-5,7-8,15,19,21H,6,9-14H2,1-3H3. The first-order valence-electron chi connectivity index (χ1n) is 8.24. The quantitative estimate of drug-likeness (QED) is 0.874. The molecule has 0 radical (unpaired) electrons. The summed E-state index contributed by atoms with van der Waals surface area (Å²) in [6.07, 6.45) is 2.80. The molecule has 3 heteroatoms. The van der Waals surface area contributed by atoms with E-state index >= 15 is 0 Å². The highest BCUT2D eigenvalue weighted by atomic mass is 16.3. The van der Waals surface area contributed by atoms with Gasteiger partial charge in [-0.25, -0.2) is 0 Å². The Morgan fingerprint density at radius 2 is 2.00 bits per heavy atom. The average molecular weight is 290 g/mol. The lowest BCUT2D eigenvalue weighted by Gasteiger charge is -2.26. The maximum atomic E-state index is 10.3. The molecule has 3 nitrogen and oxygen atoms in total. The number of nitrogens with zero attached hydrogens (tertiary/aromatic N) is 1. The smallest absolute Gasteiger partial charge is 0.0637 e. The summed E-state index contributed by atoms with van der Waals surface area (Å²) in [5, 5.41) is 13.8. The first kappa shape index (κ1) is 16.3. The number of rotatable bonds is 5. The van der Waals surface area contributed by atoms with E-state index in [-0.39, 0.29) is 0 Å². The summed E-state index contributed by atoms with van der Waals surface area (Å²) in [5.41, 5.74) is 2.19. The van der Waals surface area contributed by atoms with Gasteiger partial charge in [-0.1, -0.05) is 32.0 Å². The maximum Gasteiger partial charge on any atom is 0.0637 e. The second-order valence-corrected chi connectivity index (χ2v) is 6.99. The van der Waals surface area contributed by atoms with E-state index < -0.39 is 5.60 Å². The lowest BCUT2D eigenvalue weighted by atomic mass is 9.98. The molecule has 2 N–H and O–H groups in total. The third-order valence-electron chi connectivity index (χ3n) is 4.26. The molecule has 1 aliphatic heterocycles. The van der Waals surface area contributed by atoms with Crippen LogP contribution in [0.3, 0.4) is 0 Å². The predicted octanol–water partition coefficient (Wildman–Crippen LogP) is 3.17. The Hall–Kier alpha value is -1.06. The van der Waals surface area contributed by atoms with Crippen molar-refractivity contribution in [1.82, 2.24) is 5.32 Å². The zero-order chi connectivity index (χ0) is 15.3. The molecule has 0 amide bonds. The molecular weight excluding hydrogens is 260 g/mol. The molecule has 0 aliphatic carbocycles. The summed E-state index contributed by atoms with van der Waals surface area (Å²) in [6, 6.07) is 8.66. The van der Waals surface area contributed by atoms with E-state index in [9.17, 15) is 5.11 Å². The summed E-state index contributed by atoms with van der Waals surface area (Å²) in [6.45, 7) is 10.4. The van der Waals surface area contributed by atoms with E-state index in [4.69, 9.17) is 0 Å². The van der Waals surface area contributed by atoms with E-state index in [0.717, 1.165) is 45.4 Å². The van der Waals surface area contributed by atoms with Gasteiger partial charge in [-0.3, -0.25) is 0 Å². The molecule has 1 aliphatic rings. The van der Waals surface area contributed by atoms with Crippen LogP contribution in [0, 0.1) is 5.92 Å². The summed E-state index contributed by atoms with van der Waals surface area (Å²) < 4.78 is 0. The third kappa shape index (κ3) is 5.01. The largest absolute Gasteiger partial charge is 0.390 e. The van der Waals surface area contributed by atoms with Crippen molar-refractivity contribution in [3.05, 3.63) is 29.8 Å². The highest BCUT2D eigenvalue weighted by molar-refractivity contribution is 5.53. The van der Waals surface area contributed by atoms with Crippen molar-refractivity contribution in [2.24, 2.45) is 5.92 Å². The molecule has 0 saturated carbocycles. The second kappa shape index (κ2) is 7.28. The Morgan fingerprint density at radius 1 is 1.24 bits per heavy atom. The van der Waals surface area contributed by atoms with Crippen LogP contribution in [0.4, 0.5) is 5.69 Å². The number of hydrogen-bond acceptors (Lipinski definition) is 3. The monoisotopic (exact) mass is 290 g/mol. The van der Waals surface area contributed by atoms with Gasteiger partial charge in [0.25, 0.3) is 0 Å². The van der Waals surface area contributed by atoms with Crippen LogP contribution >= 0.6 is 0 Å². The van der Waals surface area contributed by atoms with Crippen molar-refractivity contribution >= 4 is 5.69 Å². The maximum absolute atomic E-state index is 10.3. The van der Waals surface area contributed by atoms with Crippen molar-refractivity contribution in [2.75, 3.05) is 24.5 Å². The van der Waals surface area contributed by atoms with E-state index in [2.05, 4.69) is 48.3 Å². The molecule has 1 saturated heterocycles. The molecule has 0 spiro atoms. The van der Waals surface area contributed by atoms with E-state index in [1.807, 2.05) is 6.92 Å². The third-order valence-corrected chi connectivity index (χ3v) is 4.26. The summed E-state index contributed by atoms with van der Waals surface area (Å²) >= 11 is 0. The fourth-order valence-corrected chi connectivity index (χ4v) is 2.97. The molecule has 2 rings (SSSR count). The van der Waals surface area contributed by atoms with Crippen LogP contribution in [0.1, 0.15) is 45.6 Å². The Kier molecular flexibility index (Phi) is 5.65. The van der Waals surface area contributed by atoms with Gasteiger partial charge in [0.15, 0.2) is 0 Å². The fourth-order valence-electron chi connectivity index (χ4n) is 2.97. The molecule has 1 aromatic carbocycles. The Morgan fingerprint density at radius 3 is 2.76 bits per heavy atom. The molecule has 0 bridgehead atoms. The number of nitrogens with one attached hydrogen (secondary N) is 1. The van der Waals surface area contributed by atoms with Crippen LogP contribution in [0.2, 0.25) is 0 Å². The zero-order valence-corrected chi connectivity index (χ0v) is 13.7. The zero-order valence-electron chi connectivity index (χ0n) is 13.7. The molecule has 118 valence electrons. The fraction of sp³-hybridized carbons (Fsp3) is 0.667. The SMILES string of the molecule is CC(C)CNCc1ccccc1N1CCCC(C)(O)CC1. The van der Waals surface area contributed by atoms with Gasteiger partial charge in [-0.05, 0) is 50.3 Å². The normalized spacial score (nSPS) is 23.4. The lowest BCUT2D eigenvalue weighted by Crippen LogP contribution is -2.29. The van der Waals surface area contributed by atoms with Gasteiger partial charge in [0.05, 0.1) is 5.60 Å². The van der Waals surface area contributed by atoms with Crippen molar-refractivity contribution in [2.45, 2.75) is 52.2 Å². The molecule has 1 aromatic rings. The highest BCUT2D eigenvalue weighted by Crippen LogP contribution is 2.27.